The molecule has 0 aliphatic carbocycles. The van der Waals surface area contributed by atoms with Crippen LogP contribution in [0.3, 0.4) is 0 Å². The zero-order chi connectivity index (χ0) is 20.9. The third kappa shape index (κ3) is 4.69. The molecule has 1 aromatic carbocycles. The zero-order valence-electron chi connectivity index (χ0n) is 17.7. The standard InChI is InChI=1S/C24H30N4O2/c1-18-21(24(30)28-13-5-6-14-28)17-25-23(26-18)20-11-15-27(16-12-20)22(29)10-9-19-7-3-2-4-8-19/h2-4,7-8,17,20H,5-6,9-16H2,1H3. The highest BCUT2D eigenvalue weighted by Crippen LogP contribution is 2.27. The molecule has 2 aliphatic heterocycles. The number of aromatic nitrogens is 2. The predicted octanol–water partition coefficient (Wildman–Crippen LogP) is 3.36. The second kappa shape index (κ2) is 9.37. The van der Waals surface area contributed by atoms with E-state index in [1.54, 1.807) is 6.20 Å². The highest BCUT2D eigenvalue weighted by atomic mass is 16.2. The molecule has 2 saturated heterocycles. The lowest BCUT2D eigenvalue weighted by Gasteiger charge is -2.31. The number of hydrogen-bond donors (Lipinski definition) is 0. The van der Waals surface area contributed by atoms with Crippen LogP contribution in [0, 0.1) is 6.92 Å². The molecular weight excluding hydrogens is 376 g/mol. The Labute approximate surface area is 178 Å². The lowest BCUT2D eigenvalue weighted by atomic mass is 9.95. The van der Waals surface area contributed by atoms with Gasteiger partial charge in [-0.15, -0.1) is 0 Å². The second-order valence-corrected chi connectivity index (χ2v) is 8.37. The summed E-state index contributed by atoms with van der Waals surface area (Å²) in [6.45, 7) is 5.05. The lowest BCUT2D eigenvalue weighted by molar-refractivity contribution is -0.132. The first-order valence-electron chi connectivity index (χ1n) is 11.1. The van der Waals surface area contributed by atoms with Crippen molar-refractivity contribution in [2.75, 3.05) is 26.2 Å². The van der Waals surface area contributed by atoms with Gasteiger partial charge in [-0.05, 0) is 44.6 Å². The largest absolute Gasteiger partial charge is 0.343 e. The van der Waals surface area contributed by atoms with E-state index < -0.39 is 0 Å². The van der Waals surface area contributed by atoms with Crippen LogP contribution in [-0.2, 0) is 11.2 Å². The molecule has 1 aromatic heterocycles. The van der Waals surface area contributed by atoms with Gasteiger partial charge in [0.1, 0.15) is 5.82 Å². The number of benzene rings is 1. The molecule has 4 rings (SSSR count). The lowest BCUT2D eigenvalue weighted by Crippen LogP contribution is -2.38. The van der Waals surface area contributed by atoms with Crippen molar-refractivity contribution >= 4 is 11.8 Å². The number of aryl methyl sites for hydroxylation is 2. The summed E-state index contributed by atoms with van der Waals surface area (Å²) in [6.07, 6.45) is 6.94. The van der Waals surface area contributed by atoms with Gasteiger partial charge < -0.3 is 9.80 Å². The molecule has 3 heterocycles. The minimum Gasteiger partial charge on any atom is -0.343 e. The molecule has 2 aromatic rings. The zero-order valence-corrected chi connectivity index (χ0v) is 17.7. The topological polar surface area (TPSA) is 66.4 Å². The van der Waals surface area contributed by atoms with Crippen molar-refractivity contribution in [2.45, 2.75) is 51.4 Å². The summed E-state index contributed by atoms with van der Waals surface area (Å²) >= 11 is 0. The summed E-state index contributed by atoms with van der Waals surface area (Å²) in [4.78, 5) is 38.3. The molecule has 2 amide bonds. The molecule has 0 saturated carbocycles. The Morgan fingerprint density at radius 1 is 1.00 bits per heavy atom. The van der Waals surface area contributed by atoms with Crippen LogP contribution in [0.4, 0.5) is 0 Å². The maximum atomic E-state index is 12.6. The number of piperidine rings is 1. The first kappa shape index (κ1) is 20.5. The molecule has 0 radical (unpaired) electrons. The van der Waals surface area contributed by atoms with Crippen molar-refractivity contribution in [3.05, 3.63) is 59.2 Å². The van der Waals surface area contributed by atoms with Crippen LogP contribution in [0.1, 0.15) is 65.5 Å². The Bertz CT molecular complexity index is 885. The number of carbonyl (C=O) groups excluding carboxylic acids is 2. The Kier molecular flexibility index (Phi) is 6.41. The number of likely N-dealkylation sites (tertiary alicyclic amines) is 2. The quantitative estimate of drug-likeness (QED) is 0.764. The number of carbonyl (C=O) groups is 2. The molecule has 2 fully saturated rings. The van der Waals surface area contributed by atoms with Crippen molar-refractivity contribution in [2.24, 2.45) is 0 Å². The van der Waals surface area contributed by atoms with Crippen molar-refractivity contribution in [1.82, 2.24) is 19.8 Å². The highest BCUT2D eigenvalue weighted by Gasteiger charge is 2.27. The summed E-state index contributed by atoms with van der Waals surface area (Å²) in [7, 11) is 0. The molecule has 0 bridgehead atoms. The Balaban J connectivity index is 1.31. The molecule has 6 nitrogen and oxygen atoms in total. The van der Waals surface area contributed by atoms with E-state index in [1.165, 1.54) is 5.56 Å². The first-order chi connectivity index (χ1) is 14.6. The average Bonchev–Trinajstić information content (AvgIpc) is 3.33. The molecule has 0 N–H and O–H groups in total. The molecule has 0 atom stereocenters. The summed E-state index contributed by atoms with van der Waals surface area (Å²) in [5.74, 6) is 1.33. The van der Waals surface area contributed by atoms with E-state index in [1.807, 2.05) is 34.9 Å². The molecule has 2 aliphatic rings. The van der Waals surface area contributed by atoms with Gasteiger partial charge >= 0.3 is 0 Å². The van der Waals surface area contributed by atoms with Crippen LogP contribution in [0.5, 0.6) is 0 Å². The van der Waals surface area contributed by atoms with Gasteiger partial charge in [-0.2, -0.15) is 0 Å². The van der Waals surface area contributed by atoms with Crippen LogP contribution < -0.4 is 0 Å². The van der Waals surface area contributed by atoms with Crippen molar-refractivity contribution < 1.29 is 9.59 Å². The summed E-state index contributed by atoms with van der Waals surface area (Å²) in [5, 5.41) is 0. The monoisotopic (exact) mass is 406 g/mol. The molecular formula is C24H30N4O2. The van der Waals surface area contributed by atoms with Crippen LogP contribution >= 0.6 is 0 Å². The predicted molar refractivity (Wildman–Crippen MR) is 115 cm³/mol. The average molecular weight is 407 g/mol. The number of nitrogens with zero attached hydrogens (tertiary/aromatic N) is 4. The second-order valence-electron chi connectivity index (χ2n) is 8.37. The smallest absolute Gasteiger partial charge is 0.257 e. The van der Waals surface area contributed by atoms with Crippen LogP contribution in [0.2, 0.25) is 0 Å². The molecule has 0 unspecified atom stereocenters. The summed E-state index contributed by atoms with van der Waals surface area (Å²) in [6, 6.07) is 10.2. The maximum Gasteiger partial charge on any atom is 0.257 e. The third-order valence-corrected chi connectivity index (χ3v) is 6.30. The van der Waals surface area contributed by atoms with Gasteiger partial charge in [0, 0.05) is 44.7 Å². The minimum atomic E-state index is 0.0513. The van der Waals surface area contributed by atoms with E-state index in [-0.39, 0.29) is 17.7 Å². The fourth-order valence-electron chi connectivity index (χ4n) is 4.42. The van der Waals surface area contributed by atoms with Crippen LogP contribution in [-0.4, -0.2) is 57.8 Å². The first-order valence-corrected chi connectivity index (χ1v) is 11.1. The number of hydrogen-bond acceptors (Lipinski definition) is 4. The summed E-state index contributed by atoms with van der Waals surface area (Å²) < 4.78 is 0. The fraction of sp³-hybridized carbons (Fsp3) is 0.500. The Morgan fingerprint density at radius 3 is 2.37 bits per heavy atom. The Morgan fingerprint density at radius 2 is 1.70 bits per heavy atom. The van der Waals surface area contributed by atoms with Crippen molar-refractivity contribution in [3.63, 3.8) is 0 Å². The van der Waals surface area contributed by atoms with E-state index in [2.05, 4.69) is 22.1 Å². The molecule has 30 heavy (non-hydrogen) atoms. The van der Waals surface area contributed by atoms with Crippen LogP contribution in [0.25, 0.3) is 0 Å². The molecule has 0 spiro atoms. The van der Waals surface area contributed by atoms with E-state index in [4.69, 9.17) is 0 Å². The van der Waals surface area contributed by atoms with Crippen molar-refractivity contribution in [3.8, 4) is 0 Å². The fourth-order valence-corrected chi connectivity index (χ4v) is 4.42. The van der Waals surface area contributed by atoms with Gasteiger partial charge in [0.2, 0.25) is 5.91 Å². The Hall–Kier alpha value is -2.76. The number of amides is 2. The SMILES string of the molecule is Cc1nc(C2CCN(C(=O)CCc3ccccc3)CC2)ncc1C(=O)N1CCCC1. The van der Waals surface area contributed by atoms with Gasteiger partial charge in [-0.1, -0.05) is 30.3 Å². The van der Waals surface area contributed by atoms with E-state index in [0.717, 1.165) is 69.8 Å². The third-order valence-electron chi connectivity index (χ3n) is 6.30. The molecule has 158 valence electrons. The van der Waals surface area contributed by atoms with E-state index in [9.17, 15) is 9.59 Å². The highest BCUT2D eigenvalue weighted by molar-refractivity contribution is 5.95. The minimum absolute atomic E-state index is 0.0513. The molecule has 6 heteroatoms. The maximum absolute atomic E-state index is 12.6. The van der Waals surface area contributed by atoms with E-state index in [0.29, 0.717) is 12.0 Å². The van der Waals surface area contributed by atoms with Gasteiger partial charge in [0.15, 0.2) is 0 Å². The van der Waals surface area contributed by atoms with Gasteiger partial charge in [0.05, 0.1) is 11.3 Å². The number of rotatable bonds is 5. The van der Waals surface area contributed by atoms with E-state index >= 15 is 0 Å². The normalized spacial score (nSPS) is 17.4. The van der Waals surface area contributed by atoms with Gasteiger partial charge in [0.25, 0.3) is 5.91 Å². The summed E-state index contributed by atoms with van der Waals surface area (Å²) in [5.41, 5.74) is 2.58. The van der Waals surface area contributed by atoms with Crippen LogP contribution in [0.15, 0.2) is 36.5 Å². The van der Waals surface area contributed by atoms with Gasteiger partial charge in [-0.25, -0.2) is 9.97 Å². The van der Waals surface area contributed by atoms with Crippen molar-refractivity contribution in [1.29, 1.82) is 0 Å². The van der Waals surface area contributed by atoms with Gasteiger partial charge in [-0.3, -0.25) is 9.59 Å².